The van der Waals surface area contributed by atoms with Gasteiger partial charge < -0.3 is 9.64 Å². The van der Waals surface area contributed by atoms with Crippen molar-refractivity contribution in [1.82, 2.24) is 4.90 Å². The van der Waals surface area contributed by atoms with Crippen molar-refractivity contribution in [2.75, 3.05) is 13.2 Å². The zero-order valence-electron chi connectivity index (χ0n) is 14.4. The fourth-order valence-electron chi connectivity index (χ4n) is 3.46. The second-order valence-electron chi connectivity index (χ2n) is 6.44. The van der Waals surface area contributed by atoms with E-state index >= 15 is 0 Å². The van der Waals surface area contributed by atoms with E-state index < -0.39 is 0 Å². The molecule has 0 saturated carbocycles. The van der Waals surface area contributed by atoms with Crippen molar-refractivity contribution >= 4 is 23.0 Å². The van der Waals surface area contributed by atoms with Gasteiger partial charge in [-0.2, -0.15) is 0 Å². The molecular weight excluding hydrogens is 326 g/mol. The van der Waals surface area contributed by atoms with Gasteiger partial charge in [-0.25, -0.2) is 0 Å². The van der Waals surface area contributed by atoms with E-state index in [0.717, 1.165) is 23.5 Å². The van der Waals surface area contributed by atoms with Crippen LogP contribution in [0, 0.1) is 0 Å². The highest BCUT2D eigenvalue weighted by Gasteiger charge is 2.21. The molecule has 0 bridgehead atoms. The van der Waals surface area contributed by atoms with Gasteiger partial charge in [-0.15, -0.1) is 0 Å². The molecule has 0 N–H and O–H groups in total. The Bertz CT molecular complexity index is 980. The number of benzene rings is 3. The number of carbonyl (C=O) groups excluding carboxylic acids is 2. The van der Waals surface area contributed by atoms with Gasteiger partial charge in [0.05, 0.1) is 5.56 Å². The second kappa shape index (κ2) is 7.00. The van der Waals surface area contributed by atoms with Crippen molar-refractivity contribution < 1.29 is 14.3 Å². The van der Waals surface area contributed by atoms with Crippen LogP contribution in [0.1, 0.15) is 21.5 Å². The Labute approximate surface area is 152 Å². The fourth-order valence-corrected chi connectivity index (χ4v) is 3.46. The predicted octanol–water partition coefficient (Wildman–Crippen LogP) is 3.62. The molecule has 4 nitrogen and oxygen atoms in total. The molecule has 0 saturated heterocycles. The van der Waals surface area contributed by atoms with E-state index in [2.05, 4.69) is 12.1 Å². The molecule has 130 valence electrons. The predicted molar refractivity (Wildman–Crippen MR) is 100 cm³/mol. The maximum Gasteiger partial charge on any atom is 0.260 e. The maximum atomic E-state index is 12.6. The molecule has 0 spiro atoms. The number of aldehydes is 1. The molecule has 3 aromatic carbocycles. The number of hydrogen-bond acceptors (Lipinski definition) is 3. The van der Waals surface area contributed by atoms with Crippen LogP contribution in [0.25, 0.3) is 10.8 Å². The molecule has 0 fully saturated rings. The lowest BCUT2D eigenvalue weighted by molar-refractivity contribution is -0.134. The van der Waals surface area contributed by atoms with Gasteiger partial charge in [-0.3, -0.25) is 9.59 Å². The number of fused-ring (bicyclic) bond motifs is 2. The minimum absolute atomic E-state index is 0.0653. The van der Waals surface area contributed by atoms with Crippen molar-refractivity contribution in [1.29, 1.82) is 0 Å². The highest BCUT2D eigenvalue weighted by atomic mass is 16.5. The van der Waals surface area contributed by atoms with Crippen LogP contribution in [0.15, 0.2) is 60.7 Å². The summed E-state index contributed by atoms with van der Waals surface area (Å²) >= 11 is 0. The first-order chi connectivity index (χ1) is 12.8. The Morgan fingerprint density at radius 3 is 2.62 bits per heavy atom. The quantitative estimate of drug-likeness (QED) is 0.679. The molecule has 0 aromatic heterocycles. The molecule has 4 heteroatoms. The van der Waals surface area contributed by atoms with Crippen LogP contribution in [0.5, 0.6) is 5.75 Å². The molecule has 3 aromatic rings. The van der Waals surface area contributed by atoms with Gasteiger partial charge in [-0.05, 0) is 34.4 Å². The molecule has 1 aliphatic heterocycles. The molecule has 0 aliphatic carbocycles. The third-order valence-corrected chi connectivity index (χ3v) is 4.88. The largest absolute Gasteiger partial charge is 0.483 e. The van der Waals surface area contributed by atoms with Gasteiger partial charge in [0.15, 0.2) is 12.9 Å². The normalized spacial score (nSPS) is 13.3. The third-order valence-electron chi connectivity index (χ3n) is 4.88. The van der Waals surface area contributed by atoms with E-state index in [0.29, 0.717) is 24.4 Å². The molecule has 1 amide bonds. The van der Waals surface area contributed by atoms with Crippen molar-refractivity contribution in [2.45, 2.75) is 13.0 Å². The summed E-state index contributed by atoms with van der Waals surface area (Å²) in [6.45, 7) is 1.23. The van der Waals surface area contributed by atoms with Crippen molar-refractivity contribution in [3.63, 3.8) is 0 Å². The van der Waals surface area contributed by atoms with E-state index in [1.807, 2.05) is 47.4 Å². The summed E-state index contributed by atoms with van der Waals surface area (Å²) in [5, 5.41) is 1.81. The smallest absolute Gasteiger partial charge is 0.260 e. The third kappa shape index (κ3) is 3.06. The molecule has 1 heterocycles. The molecule has 26 heavy (non-hydrogen) atoms. The van der Waals surface area contributed by atoms with Gasteiger partial charge >= 0.3 is 0 Å². The lowest BCUT2D eigenvalue weighted by atomic mass is 10.00. The van der Waals surface area contributed by atoms with Crippen LogP contribution in [0.2, 0.25) is 0 Å². The Hall–Kier alpha value is -3.14. The van der Waals surface area contributed by atoms with Crippen molar-refractivity contribution in [3.05, 3.63) is 77.4 Å². The first-order valence-corrected chi connectivity index (χ1v) is 8.70. The first-order valence-electron chi connectivity index (χ1n) is 8.70. The zero-order valence-corrected chi connectivity index (χ0v) is 14.4. The topological polar surface area (TPSA) is 46.6 Å². The van der Waals surface area contributed by atoms with Crippen molar-refractivity contribution in [2.24, 2.45) is 0 Å². The second-order valence-corrected chi connectivity index (χ2v) is 6.44. The molecule has 1 aliphatic rings. The summed E-state index contributed by atoms with van der Waals surface area (Å²) in [4.78, 5) is 25.9. The summed E-state index contributed by atoms with van der Waals surface area (Å²) in [5.41, 5.74) is 2.97. The van der Waals surface area contributed by atoms with Crippen LogP contribution in [-0.2, 0) is 17.8 Å². The number of hydrogen-bond donors (Lipinski definition) is 0. The Kier molecular flexibility index (Phi) is 4.40. The van der Waals surface area contributed by atoms with Crippen LogP contribution in [0.4, 0.5) is 0 Å². The number of nitrogens with zero attached hydrogens (tertiary/aromatic N) is 1. The van der Waals surface area contributed by atoms with Crippen LogP contribution >= 0.6 is 0 Å². The summed E-state index contributed by atoms with van der Waals surface area (Å²) < 4.78 is 5.72. The van der Waals surface area contributed by atoms with E-state index in [1.54, 1.807) is 6.07 Å². The molecule has 0 radical (unpaired) electrons. The van der Waals surface area contributed by atoms with E-state index in [-0.39, 0.29) is 12.5 Å². The monoisotopic (exact) mass is 345 g/mol. The minimum atomic E-state index is -0.0681. The van der Waals surface area contributed by atoms with Gasteiger partial charge in [0.25, 0.3) is 5.91 Å². The highest BCUT2D eigenvalue weighted by molar-refractivity contribution is 6.00. The lowest BCUT2D eigenvalue weighted by Gasteiger charge is -2.28. The van der Waals surface area contributed by atoms with E-state index in [1.165, 1.54) is 11.1 Å². The number of carbonyl (C=O) groups is 2. The Morgan fingerprint density at radius 2 is 1.77 bits per heavy atom. The van der Waals surface area contributed by atoms with Gasteiger partial charge in [0.1, 0.15) is 5.75 Å². The van der Waals surface area contributed by atoms with Crippen LogP contribution < -0.4 is 4.74 Å². The van der Waals surface area contributed by atoms with Crippen LogP contribution in [-0.4, -0.2) is 30.2 Å². The highest BCUT2D eigenvalue weighted by Crippen LogP contribution is 2.27. The van der Waals surface area contributed by atoms with Gasteiger partial charge in [0.2, 0.25) is 0 Å². The summed E-state index contributed by atoms with van der Waals surface area (Å²) in [5.74, 6) is 0.383. The molecular formula is C22H19NO3. The number of rotatable bonds is 4. The average Bonchev–Trinajstić information content (AvgIpc) is 2.71. The fraction of sp³-hybridized carbons (Fsp3) is 0.182. The number of ether oxygens (including phenoxy) is 1. The Balaban J connectivity index is 1.48. The van der Waals surface area contributed by atoms with Gasteiger partial charge in [0, 0.05) is 13.1 Å². The number of amides is 1. The van der Waals surface area contributed by atoms with Gasteiger partial charge in [-0.1, -0.05) is 54.6 Å². The average molecular weight is 345 g/mol. The van der Waals surface area contributed by atoms with Crippen molar-refractivity contribution in [3.8, 4) is 5.75 Å². The van der Waals surface area contributed by atoms with E-state index in [9.17, 15) is 9.59 Å². The summed E-state index contributed by atoms with van der Waals surface area (Å²) in [6, 6.07) is 19.5. The van der Waals surface area contributed by atoms with Crippen LogP contribution in [0.3, 0.4) is 0 Å². The minimum Gasteiger partial charge on any atom is -0.483 e. The summed E-state index contributed by atoms with van der Waals surface area (Å²) in [6.07, 6.45) is 1.65. The zero-order chi connectivity index (χ0) is 17.9. The molecule has 4 rings (SSSR count). The maximum absolute atomic E-state index is 12.6. The SMILES string of the molecule is O=Cc1c(OCC(=O)N2CCc3ccccc3C2)ccc2ccccc12. The molecule has 0 atom stereocenters. The first kappa shape index (κ1) is 16.3. The summed E-state index contributed by atoms with van der Waals surface area (Å²) in [7, 11) is 0. The Morgan fingerprint density at radius 1 is 1.00 bits per heavy atom. The lowest BCUT2D eigenvalue weighted by Crippen LogP contribution is -2.38. The van der Waals surface area contributed by atoms with E-state index in [4.69, 9.17) is 4.74 Å². The standard InChI is InChI=1S/C22H19NO3/c24-14-20-19-8-4-3-6-17(19)9-10-21(20)26-15-22(25)23-12-11-16-5-1-2-7-18(16)13-23/h1-10,14H,11-13,15H2. The molecule has 0 unspecified atom stereocenters.